The first-order valence-electron chi connectivity index (χ1n) is 7.63. The lowest BCUT2D eigenvalue weighted by Gasteiger charge is -2.32. The van der Waals surface area contributed by atoms with Gasteiger partial charge in [0.25, 0.3) is 5.91 Å². The number of methoxy groups -OCH3 is 1. The second kappa shape index (κ2) is 7.09. The summed E-state index contributed by atoms with van der Waals surface area (Å²) in [7, 11) is 1.57. The van der Waals surface area contributed by atoms with Crippen molar-refractivity contribution in [2.24, 2.45) is 0 Å². The topological polar surface area (TPSA) is 64.5 Å². The highest BCUT2D eigenvalue weighted by Gasteiger charge is 2.27. The van der Waals surface area contributed by atoms with E-state index in [0.717, 1.165) is 19.4 Å². The Morgan fingerprint density at radius 3 is 2.96 bits per heavy atom. The number of aromatic nitrogens is 2. The minimum atomic E-state index is -0.0580. The predicted octanol–water partition coefficient (Wildman–Crippen LogP) is 2.17. The number of benzene rings is 1. The van der Waals surface area contributed by atoms with Crippen molar-refractivity contribution in [3.05, 3.63) is 48.4 Å². The molecule has 2 heterocycles. The number of piperidine rings is 1. The molecule has 0 N–H and O–H groups in total. The second-order valence-corrected chi connectivity index (χ2v) is 5.38. The smallest absolute Gasteiger partial charge is 0.257 e. The predicted molar refractivity (Wildman–Crippen MR) is 84.6 cm³/mol. The fourth-order valence-electron chi connectivity index (χ4n) is 2.73. The van der Waals surface area contributed by atoms with Crippen LogP contribution in [0.2, 0.25) is 0 Å². The van der Waals surface area contributed by atoms with E-state index in [2.05, 4.69) is 9.97 Å². The highest BCUT2D eigenvalue weighted by Crippen LogP contribution is 2.22. The molecule has 1 aromatic carbocycles. The summed E-state index contributed by atoms with van der Waals surface area (Å²) in [5, 5.41) is 0. The van der Waals surface area contributed by atoms with E-state index < -0.39 is 0 Å². The average Bonchev–Trinajstić information content (AvgIpc) is 2.62. The highest BCUT2D eigenvalue weighted by atomic mass is 16.5. The van der Waals surface area contributed by atoms with E-state index in [1.165, 1.54) is 6.33 Å². The first-order valence-corrected chi connectivity index (χ1v) is 7.63. The summed E-state index contributed by atoms with van der Waals surface area (Å²) in [4.78, 5) is 22.5. The standard InChI is InChI=1S/C17H19N3O3/c1-22-15-7-3-2-6-14(15)17(21)20-10-4-5-13(11-20)23-16-8-9-18-12-19-16/h2-3,6-9,12-13H,4-5,10-11H2,1H3. The number of carbonyl (C=O) groups excluding carboxylic acids is 1. The maximum Gasteiger partial charge on any atom is 0.257 e. The maximum atomic E-state index is 12.7. The molecule has 6 heteroatoms. The molecule has 0 saturated carbocycles. The first-order chi connectivity index (χ1) is 11.3. The number of ether oxygens (including phenoxy) is 2. The SMILES string of the molecule is COc1ccccc1C(=O)N1CCCC(Oc2ccncn2)C1. The average molecular weight is 313 g/mol. The molecule has 1 amide bonds. The van der Waals surface area contributed by atoms with E-state index in [1.54, 1.807) is 31.5 Å². The maximum absolute atomic E-state index is 12.7. The van der Waals surface area contributed by atoms with Gasteiger partial charge in [0.15, 0.2) is 0 Å². The fourth-order valence-corrected chi connectivity index (χ4v) is 2.73. The van der Waals surface area contributed by atoms with Crippen LogP contribution in [0.15, 0.2) is 42.9 Å². The van der Waals surface area contributed by atoms with Crippen molar-refractivity contribution in [1.82, 2.24) is 14.9 Å². The highest BCUT2D eigenvalue weighted by molar-refractivity contribution is 5.97. The van der Waals surface area contributed by atoms with Crippen molar-refractivity contribution in [2.75, 3.05) is 20.2 Å². The second-order valence-electron chi connectivity index (χ2n) is 5.38. The van der Waals surface area contributed by atoms with E-state index in [4.69, 9.17) is 9.47 Å². The Morgan fingerprint density at radius 2 is 2.17 bits per heavy atom. The number of carbonyl (C=O) groups is 1. The summed E-state index contributed by atoms with van der Waals surface area (Å²) in [6, 6.07) is 9.00. The molecule has 1 atom stereocenters. The lowest BCUT2D eigenvalue weighted by atomic mass is 10.1. The van der Waals surface area contributed by atoms with Crippen LogP contribution in [0, 0.1) is 0 Å². The van der Waals surface area contributed by atoms with Gasteiger partial charge in [-0.05, 0) is 25.0 Å². The molecule has 1 unspecified atom stereocenters. The van der Waals surface area contributed by atoms with Gasteiger partial charge < -0.3 is 14.4 Å². The van der Waals surface area contributed by atoms with Crippen LogP contribution in [0.3, 0.4) is 0 Å². The van der Waals surface area contributed by atoms with Gasteiger partial charge in [-0.1, -0.05) is 12.1 Å². The van der Waals surface area contributed by atoms with Crippen LogP contribution in [0.1, 0.15) is 23.2 Å². The Balaban J connectivity index is 1.69. The summed E-state index contributed by atoms with van der Waals surface area (Å²) in [5.74, 6) is 1.10. The third-order valence-electron chi connectivity index (χ3n) is 3.84. The quantitative estimate of drug-likeness (QED) is 0.865. The zero-order valence-electron chi connectivity index (χ0n) is 13.0. The van der Waals surface area contributed by atoms with Crippen molar-refractivity contribution >= 4 is 5.91 Å². The molecule has 1 aliphatic rings. The molecule has 0 bridgehead atoms. The van der Waals surface area contributed by atoms with E-state index in [1.807, 2.05) is 17.0 Å². The molecule has 1 fully saturated rings. The molecule has 3 rings (SSSR count). The number of nitrogens with zero attached hydrogens (tertiary/aromatic N) is 3. The number of para-hydroxylation sites is 1. The molecule has 0 spiro atoms. The van der Waals surface area contributed by atoms with Crippen molar-refractivity contribution in [2.45, 2.75) is 18.9 Å². The summed E-state index contributed by atoms with van der Waals surface area (Å²) < 4.78 is 11.1. The van der Waals surface area contributed by atoms with E-state index in [9.17, 15) is 4.79 Å². The lowest BCUT2D eigenvalue weighted by Crippen LogP contribution is -2.44. The molecule has 0 radical (unpaired) electrons. The first kappa shape index (κ1) is 15.3. The lowest BCUT2D eigenvalue weighted by molar-refractivity contribution is 0.0524. The Labute approximate surface area is 135 Å². The Kier molecular flexibility index (Phi) is 4.71. The Hall–Kier alpha value is -2.63. The van der Waals surface area contributed by atoms with Gasteiger partial charge >= 0.3 is 0 Å². The van der Waals surface area contributed by atoms with Crippen molar-refractivity contribution in [1.29, 1.82) is 0 Å². The normalized spacial score (nSPS) is 17.6. The van der Waals surface area contributed by atoms with Crippen LogP contribution >= 0.6 is 0 Å². The molecule has 1 saturated heterocycles. The largest absolute Gasteiger partial charge is 0.496 e. The van der Waals surface area contributed by atoms with Crippen molar-refractivity contribution in [3.8, 4) is 11.6 Å². The van der Waals surface area contributed by atoms with Gasteiger partial charge in [0.05, 0.1) is 19.2 Å². The minimum absolute atomic E-state index is 0.0292. The number of rotatable bonds is 4. The van der Waals surface area contributed by atoms with Crippen LogP contribution < -0.4 is 9.47 Å². The van der Waals surface area contributed by atoms with Gasteiger partial charge in [0, 0.05) is 18.8 Å². The number of hydrogen-bond donors (Lipinski definition) is 0. The summed E-state index contributed by atoms with van der Waals surface area (Å²) >= 11 is 0. The zero-order chi connectivity index (χ0) is 16.1. The number of likely N-dealkylation sites (tertiary alicyclic amines) is 1. The molecule has 6 nitrogen and oxygen atoms in total. The molecule has 1 aromatic heterocycles. The zero-order valence-corrected chi connectivity index (χ0v) is 13.0. The van der Waals surface area contributed by atoms with Crippen LogP contribution in [0.25, 0.3) is 0 Å². The third kappa shape index (κ3) is 3.59. The monoisotopic (exact) mass is 313 g/mol. The molecular formula is C17H19N3O3. The molecule has 120 valence electrons. The molecule has 23 heavy (non-hydrogen) atoms. The number of amides is 1. The van der Waals surface area contributed by atoms with Gasteiger partial charge in [-0.15, -0.1) is 0 Å². The van der Waals surface area contributed by atoms with Gasteiger partial charge in [-0.25, -0.2) is 9.97 Å². The van der Waals surface area contributed by atoms with Crippen LogP contribution in [0.5, 0.6) is 11.6 Å². The van der Waals surface area contributed by atoms with E-state index >= 15 is 0 Å². The van der Waals surface area contributed by atoms with Crippen LogP contribution in [0.4, 0.5) is 0 Å². The van der Waals surface area contributed by atoms with E-state index in [-0.39, 0.29) is 12.0 Å². The molecule has 0 aliphatic carbocycles. The summed E-state index contributed by atoms with van der Waals surface area (Å²) in [6.45, 7) is 1.27. The Morgan fingerprint density at radius 1 is 1.30 bits per heavy atom. The van der Waals surface area contributed by atoms with Crippen LogP contribution in [-0.2, 0) is 0 Å². The fraction of sp³-hybridized carbons (Fsp3) is 0.353. The van der Waals surface area contributed by atoms with Crippen molar-refractivity contribution < 1.29 is 14.3 Å². The van der Waals surface area contributed by atoms with E-state index in [0.29, 0.717) is 23.7 Å². The molecular weight excluding hydrogens is 294 g/mol. The summed E-state index contributed by atoms with van der Waals surface area (Å²) in [5.41, 5.74) is 0.581. The molecule has 2 aromatic rings. The summed E-state index contributed by atoms with van der Waals surface area (Å²) in [6.07, 6.45) is 4.84. The minimum Gasteiger partial charge on any atom is -0.496 e. The van der Waals surface area contributed by atoms with Crippen LogP contribution in [-0.4, -0.2) is 47.1 Å². The van der Waals surface area contributed by atoms with Gasteiger partial charge in [0.1, 0.15) is 18.2 Å². The number of hydrogen-bond acceptors (Lipinski definition) is 5. The third-order valence-corrected chi connectivity index (χ3v) is 3.84. The molecule has 1 aliphatic heterocycles. The van der Waals surface area contributed by atoms with Gasteiger partial charge in [-0.2, -0.15) is 0 Å². The van der Waals surface area contributed by atoms with Gasteiger partial charge in [0.2, 0.25) is 5.88 Å². The van der Waals surface area contributed by atoms with Gasteiger partial charge in [-0.3, -0.25) is 4.79 Å². The van der Waals surface area contributed by atoms with Crippen molar-refractivity contribution in [3.63, 3.8) is 0 Å². The Bertz CT molecular complexity index is 663.